The summed E-state index contributed by atoms with van der Waals surface area (Å²) in [4.78, 5) is 6.73. The van der Waals surface area contributed by atoms with E-state index in [1.54, 1.807) is 7.05 Å². The Morgan fingerprint density at radius 3 is 2.46 bits per heavy atom. The van der Waals surface area contributed by atoms with E-state index < -0.39 is 9.84 Å². The molecule has 3 rings (SSSR count). The first-order chi connectivity index (χ1) is 12.5. The van der Waals surface area contributed by atoms with E-state index in [0.29, 0.717) is 18.9 Å². The molecule has 0 spiro atoms. The van der Waals surface area contributed by atoms with Crippen molar-refractivity contribution < 1.29 is 8.42 Å². The number of benzene rings is 1. The number of nitrogens with one attached hydrogen (secondary N) is 2. The Hall–Kier alpha value is -1.60. The summed E-state index contributed by atoms with van der Waals surface area (Å²) in [6.07, 6.45) is 4.64. The number of piperidine rings is 1. The molecule has 2 aliphatic rings. The van der Waals surface area contributed by atoms with Crippen LogP contribution in [0.2, 0.25) is 0 Å². The second-order valence-corrected chi connectivity index (χ2v) is 9.55. The van der Waals surface area contributed by atoms with E-state index in [-0.39, 0.29) is 17.5 Å². The molecule has 7 heteroatoms. The highest BCUT2D eigenvalue weighted by molar-refractivity contribution is 7.91. The van der Waals surface area contributed by atoms with Crippen molar-refractivity contribution in [1.82, 2.24) is 15.5 Å². The third kappa shape index (κ3) is 5.71. The van der Waals surface area contributed by atoms with Crippen LogP contribution in [0.3, 0.4) is 0 Å². The van der Waals surface area contributed by atoms with E-state index in [1.165, 1.54) is 43.5 Å². The lowest BCUT2D eigenvalue weighted by Gasteiger charge is -2.26. The molecule has 6 nitrogen and oxygen atoms in total. The fourth-order valence-corrected chi connectivity index (χ4v) is 5.29. The van der Waals surface area contributed by atoms with Crippen molar-refractivity contribution in [3.05, 3.63) is 35.4 Å². The molecule has 0 amide bonds. The Labute approximate surface area is 157 Å². The number of likely N-dealkylation sites (tertiary alicyclic amines) is 1. The zero-order valence-electron chi connectivity index (χ0n) is 15.6. The molecule has 2 fully saturated rings. The van der Waals surface area contributed by atoms with Crippen molar-refractivity contribution >= 4 is 15.8 Å². The zero-order valence-corrected chi connectivity index (χ0v) is 16.4. The maximum atomic E-state index is 11.6. The van der Waals surface area contributed by atoms with Gasteiger partial charge in [0.2, 0.25) is 0 Å². The standard InChI is InChI=1S/C19H30N4O2S/c1-20-19(22-18-9-12-26(24,25)15-18)21-13-16-5-7-17(8-6-16)14-23-10-3-2-4-11-23/h5-8,18H,2-4,9-15H2,1H3,(H2,20,21,22). The normalized spacial score (nSPS) is 23.7. The van der Waals surface area contributed by atoms with Crippen molar-refractivity contribution in [3.63, 3.8) is 0 Å². The molecule has 1 unspecified atom stereocenters. The van der Waals surface area contributed by atoms with Gasteiger partial charge in [-0.05, 0) is 43.5 Å². The van der Waals surface area contributed by atoms with Gasteiger partial charge in [-0.15, -0.1) is 0 Å². The summed E-state index contributed by atoms with van der Waals surface area (Å²) < 4.78 is 23.1. The highest BCUT2D eigenvalue weighted by Gasteiger charge is 2.28. The predicted octanol–water partition coefficient (Wildman–Crippen LogP) is 1.52. The summed E-state index contributed by atoms with van der Waals surface area (Å²) in [6.45, 7) is 4.13. The molecular formula is C19H30N4O2S. The lowest BCUT2D eigenvalue weighted by molar-refractivity contribution is 0.221. The van der Waals surface area contributed by atoms with Crippen molar-refractivity contribution in [3.8, 4) is 0 Å². The summed E-state index contributed by atoms with van der Waals surface area (Å²) in [5, 5.41) is 6.48. The number of guanidine groups is 1. The second-order valence-electron chi connectivity index (χ2n) is 7.32. The van der Waals surface area contributed by atoms with Crippen molar-refractivity contribution in [2.75, 3.05) is 31.6 Å². The molecule has 0 bridgehead atoms. The zero-order chi connectivity index (χ0) is 18.4. The van der Waals surface area contributed by atoms with Gasteiger partial charge < -0.3 is 10.6 Å². The van der Waals surface area contributed by atoms with Crippen LogP contribution in [0, 0.1) is 0 Å². The summed E-state index contributed by atoms with van der Waals surface area (Å²) >= 11 is 0. The van der Waals surface area contributed by atoms with Gasteiger partial charge in [-0.3, -0.25) is 9.89 Å². The number of hydrogen-bond acceptors (Lipinski definition) is 4. The van der Waals surface area contributed by atoms with Gasteiger partial charge >= 0.3 is 0 Å². The molecule has 0 radical (unpaired) electrons. The van der Waals surface area contributed by atoms with E-state index in [4.69, 9.17) is 0 Å². The number of nitrogens with zero attached hydrogens (tertiary/aromatic N) is 2. The third-order valence-corrected chi connectivity index (χ3v) is 6.90. The molecule has 1 aromatic carbocycles. The fraction of sp³-hybridized carbons (Fsp3) is 0.632. The van der Waals surface area contributed by atoms with Gasteiger partial charge in [-0.2, -0.15) is 0 Å². The van der Waals surface area contributed by atoms with Gasteiger partial charge in [-0.25, -0.2) is 8.42 Å². The average molecular weight is 379 g/mol. The Morgan fingerprint density at radius 2 is 1.85 bits per heavy atom. The molecule has 0 aliphatic carbocycles. The quantitative estimate of drug-likeness (QED) is 0.600. The second kappa shape index (κ2) is 8.86. The van der Waals surface area contributed by atoms with Crippen molar-refractivity contribution in [2.45, 2.75) is 44.8 Å². The minimum absolute atomic E-state index is 0.0434. The van der Waals surface area contributed by atoms with Gasteiger partial charge in [-0.1, -0.05) is 30.7 Å². The van der Waals surface area contributed by atoms with Crippen LogP contribution in [0.4, 0.5) is 0 Å². The van der Waals surface area contributed by atoms with E-state index in [2.05, 4.69) is 44.8 Å². The molecule has 0 aromatic heterocycles. The largest absolute Gasteiger partial charge is 0.353 e. The smallest absolute Gasteiger partial charge is 0.191 e. The van der Waals surface area contributed by atoms with Crippen molar-refractivity contribution in [2.24, 2.45) is 4.99 Å². The number of hydrogen-bond donors (Lipinski definition) is 2. The van der Waals surface area contributed by atoms with Crippen LogP contribution in [0.25, 0.3) is 0 Å². The summed E-state index contributed by atoms with van der Waals surface area (Å²) in [6, 6.07) is 8.66. The van der Waals surface area contributed by atoms with Crippen LogP contribution < -0.4 is 10.6 Å². The lowest BCUT2D eigenvalue weighted by Crippen LogP contribution is -2.43. The molecule has 144 valence electrons. The average Bonchev–Trinajstić information content (AvgIpc) is 2.99. The topological polar surface area (TPSA) is 73.8 Å². The Morgan fingerprint density at radius 1 is 1.15 bits per heavy atom. The summed E-state index contributed by atoms with van der Waals surface area (Å²) in [7, 11) is -1.17. The molecule has 2 saturated heterocycles. The van der Waals surface area contributed by atoms with Crippen LogP contribution in [0.5, 0.6) is 0 Å². The van der Waals surface area contributed by atoms with Gasteiger partial charge in [0.25, 0.3) is 0 Å². The number of rotatable bonds is 5. The maximum absolute atomic E-state index is 11.6. The van der Waals surface area contributed by atoms with Gasteiger partial charge in [0.05, 0.1) is 11.5 Å². The SMILES string of the molecule is CN=C(NCc1ccc(CN2CCCCC2)cc1)NC1CCS(=O)(=O)C1. The van der Waals surface area contributed by atoms with E-state index >= 15 is 0 Å². The maximum Gasteiger partial charge on any atom is 0.191 e. The third-order valence-electron chi connectivity index (χ3n) is 5.13. The fourth-order valence-electron chi connectivity index (χ4n) is 3.62. The van der Waals surface area contributed by atoms with Crippen LogP contribution in [0.15, 0.2) is 29.3 Å². The first-order valence-electron chi connectivity index (χ1n) is 9.52. The summed E-state index contributed by atoms with van der Waals surface area (Å²) in [5.74, 6) is 1.11. The molecule has 1 aromatic rings. The highest BCUT2D eigenvalue weighted by atomic mass is 32.2. The Kier molecular flexibility index (Phi) is 6.53. The van der Waals surface area contributed by atoms with Crippen LogP contribution in [0.1, 0.15) is 36.8 Å². The highest BCUT2D eigenvalue weighted by Crippen LogP contribution is 2.14. The molecule has 2 heterocycles. The van der Waals surface area contributed by atoms with E-state index in [0.717, 1.165) is 6.54 Å². The molecule has 26 heavy (non-hydrogen) atoms. The Bertz CT molecular complexity index is 710. The van der Waals surface area contributed by atoms with Crippen LogP contribution in [-0.2, 0) is 22.9 Å². The minimum atomic E-state index is -2.88. The van der Waals surface area contributed by atoms with E-state index in [1.807, 2.05) is 0 Å². The van der Waals surface area contributed by atoms with Crippen LogP contribution >= 0.6 is 0 Å². The molecule has 2 N–H and O–H groups in total. The van der Waals surface area contributed by atoms with Crippen LogP contribution in [-0.4, -0.2) is 57.0 Å². The van der Waals surface area contributed by atoms with Gasteiger partial charge in [0.15, 0.2) is 15.8 Å². The lowest BCUT2D eigenvalue weighted by atomic mass is 10.1. The summed E-state index contributed by atoms with van der Waals surface area (Å²) in [5.41, 5.74) is 2.55. The monoisotopic (exact) mass is 378 g/mol. The van der Waals surface area contributed by atoms with Gasteiger partial charge in [0, 0.05) is 26.2 Å². The molecular weight excluding hydrogens is 348 g/mol. The Balaban J connectivity index is 1.46. The predicted molar refractivity (Wildman–Crippen MR) is 106 cm³/mol. The first-order valence-corrected chi connectivity index (χ1v) is 11.3. The first kappa shape index (κ1) is 19.2. The van der Waals surface area contributed by atoms with E-state index in [9.17, 15) is 8.42 Å². The van der Waals surface area contributed by atoms with Gasteiger partial charge in [0.1, 0.15) is 0 Å². The number of sulfone groups is 1. The molecule has 0 saturated carbocycles. The molecule has 2 aliphatic heterocycles. The van der Waals surface area contributed by atoms with Crippen molar-refractivity contribution in [1.29, 1.82) is 0 Å². The number of aliphatic imine (C=N–C) groups is 1. The minimum Gasteiger partial charge on any atom is -0.353 e. The molecule has 1 atom stereocenters.